The fourth-order valence-electron chi connectivity index (χ4n) is 3.11. The Morgan fingerprint density at radius 3 is 2.46 bits per heavy atom. The molecule has 1 fully saturated rings. The van der Waals surface area contributed by atoms with Gasteiger partial charge in [-0.2, -0.15) is 0 Å². The van der Waals surface area contributed by atoms with Crippen molar-refractivity contribution in [3.8, 4) is 11.5 Å². The van der Waals surface area contributed by atoms with Crippen LogP contribution in [0.5, 0.6) is 11.5 Å². The molecule has 8 nitrogen and oxygen atoms in total. The third-order valence-electron chi connectivity index (χ3n) is 4.47. The maximum atomic E-state index is 12.8. The van der Waals surface area contributed by atoms with Crippen LogP contribution < -0.4 is 9.47 Å². The summed E-state index contributed by atoms with van der Waals surface area (Å²) in [5.74, 6) is 1.01. The smallest absolute Gasteiger partial charge is 0.274 e. The Morgan fingerprint density at radius 1 is 0.923 bits per heavy atom. The summed E-state index contributed by atoms with van der Waals surface area (Å²) in [7, 11) is 0. The van der Waals surface area contributed by atoms with Crippen molar-refractivity contribution >= 4 is 11.8 Å². The molecule has 2 aliphatic heterocycles. The summed E-state index contributed by atoms with van der Waals surface area (Å²) in [5.41, 5.74) is 0.881. The Balaban J connectivity index is 1.43. The summed E-state index contributed by atoms with van der Waals surface area (Å²) in [6.45, 7) is 2.29. The van der Waals surface area contributed by atoms with E-state index in [1.54, 1.807) is 28.0 Å². The Labute approximate surface area is 150 Å². The van der Waals surface area contributed by atoms with Crippen molar-refractivity contribution < 1.29 is 19.1 Å². The van der Waals surface area contributed by atoms with Crippen LogP contribution in [0.2, 0.25) is 0 Å². The fraction of sp³-hybridized carbons (Fsp3) is 0.333. The Morgan fingerprint density at radius 2 is 1.69 bits per heavy atom. The Hall–Kier alpha value is -3.16. The third-order valence-corrected chi connectivity index (χ3v) is 4.47. The highest BCUT2D eigenvalue weighted by atomic mass is 16.7. The largest absolute Gasteiger partial charge is 0.454 e. The van der Waals surface area contributed by atoms with Gasteiger partial charge in [0, 0.05) is 44.1 Å². The molecule has 3 heterocycles. The maximum absolute atomic E-state index is 12.8. The molecule has 0 unspecified atom stereocenters. The molecule has 4 rings (SSSR count). The first-order valence-corrected chi connectivity index (χ1v) is 8.46. The zero-order valence-corrected chi connectivity index (χ0v) is 14.1. The van der Waals surface area contributed by atoms with Crippen LogP contribution in [0.15, 0.2) is 36.8 Å². The molecule has 0 spiro atoms. The second-order valence-corrected chi connectivity index (χ2v) is 6.10. The molecule has 0 aliphatic carbocycles. The fourth-order valence-corrected chi connectivity index (χ4v) is 3.11. The van der Waals surface area contributed by atoms with Gasteiger partial charge in [0.1, 0.15) is 5.69 Å². The van der Waals surface area contributed by atoms with Gasteiger partial charge in [-0.25, -0.2) is 4.98 Å². The summed E-state index contributed by atoms with van der Waals surface area (Å²) in [5, 5.41) is 0. The lowest BCUT2D eigenvalue weighted by Gasteiger charge is -2.22. The second-order valence-electron chi connectivity index (χ2n) is 6.10. The molecule has 0 radical (unpaired) electrons. The number of rotatable bonds is 2. The molecular weight excluding hydrogens is 336 g/mol. The van der Waals surface area contributed by atoms with Crippen LogP contribution in [0.4, 0.5) is 0 Å². The first-order valence-electron chi connectivity index (χ1n) is 8.46. The zero-order valence-electron chi connectivity index (χ0n) is 14.1. The van der Waals surface area contributed by atoms with Crippen molar-refractivity contribution in [2.75, 3.05) is 33.0 Å². The first-order chi connectivity index (χ1) is 12.7. The second kappa shape index (κ2) is 6.99. The van der Waals surface area contributed by atoms with Gasteiger partial charge in [0.05, 0.1) is 6.20 Å². The van der Waals surface area contributed by atoms with Gasteiger partial charge in [-0.1, -0.05) is 0 Å². The summed E-state index contributed by atoms with van der Waals surface area (Å²) < 4.78 is 10.6. The van der Waals surface area contributed by atoms with Crippen molar-refractivity contribution in [2.24, 2.45) is 0 Å². The molecule has 2 aliphatic rings. The number of ether oxygens (including phenoxy) is 2. The molecule has 8 heteroatoms. The number of amides is 2. The highest BCUT2D eigenvalue weighted by molar-refractivity contribution is 5.95. The molecule has 26 heavy (non-hydrogen) atoms. The molecule has 1 aromatic carbocycles. The number of nitrogens with zero attached hydrogens (tertiary/aromatic N) is 4. The van der Waals surface area contributed by atoms with E-state index in [4.69, 9.17) is 9.47 Å². The van der Waals surface area contributed by atoms with Gasteiger partial charge < -0.3 is 19.3 Å². The van der Waals surface area contributed by atoms with E-state index < -0.39 is 0 Å². The summed E-state index contributed by atoms with van der Waals surface area (Å²) in [6.07, 6.45) is 5.20. The molecule has 134 valence electrons. The summed E-state index contributed by atoms with van der Waals surface area (Å²) >= 11 is 0. The molecule has 2 aromatic rings. The minimum absolute atomic E-state index is 0.0721. The van der Waals surface area contributed by atoms with E-state index >= 15 is 0 Å². The van der Waals surface area contributed by atoms with Crippen LogP contribution in [-0.4, -0.2) is 64.6 Å². The van der Waals surface area contributed by atoms with Crippen molar-refractivity contribution in [1.82, 2.24) is 19.8 Å². The quantitative estimate of drug-likeness (QED) is 0.805. The van der Waals surface area contributed by atoms with Gasteiger partial charge in [-0.15, -0.1) is 0 Å². The van der Waals surface area contributed by atoms with Crippen LogP contribution >= 0.6 is 0 Å². The van der Waals surface area contributed by atoms with Gasteiger partial charge in [-0.3, -0.25) is 14.6 Å². The lowest BCUT2D eigenvalue weighted by atomic mass is 10.1. The van der Waals surface area contributed by atoms with E-state index in [0.717, 1.165) is 0 Å². The van der Waals surface area contributed by atoms with Crippen molar-refractivity contribution in [3.05, 3.63) is 48.0 Å². The lowest BCUT2D eigenvalue weighted by molar-refractivity contribution is 0.0715. The van der Waals surface area contributed by atoms with Gasteiger partial charge in [0.2, 0.25) is 6.79 Å². The van der Waals surface area contributed by atoms with Crippen molar-refractivity contribution in [3.63, 3.8) is 0 Å². The zero-order chi connectivity index (χ0) is 17.9. The van der Waals surface area contributed by atoms with Gasteiger partial charge in [0.25, 0.3) is 11.8 Å². The van der Waals surface area contributed by atoms with Crippen LogP contribution in [-0.2, 0) is 0 Å². The van der Waals surface area contributed by atoms with E-state index in [9.17, 15) is 9.59 Å². The average molecular weight is 354 g/mol. The number of carbonyl (C=O) groups excluding carboxylic acids is 2. The Kier molecular flexibility index (Phi) is 4.39. The molecule has 2 amide bonds. The Bertz CT molecular complexity index is 827. The highest BCUT2D eigenvalue weighted by Crippen LogP contribution is 2.32. The van der Waals surface area contributed by atoms with E-state index in [1.807, 2.05) is 0 Å². The molecule has 1 saturated heterocycles. The normalized spacial score (nSPS) is 16.3. The predicted octanol–water partition coefficient (Wildman–Crippen LogP) is 1.19. The lowest BCUT2D eigenvalue weighted by Crippen LogP contribution is -2.37. The third kappa shape index (κ3) is 3.17. The minimum atomic E-state index is -0.157. The van der Waals surface area contributed by atoms with E-state index in [-0.39, 0.29) is 18.6 Å². The number of hydrogen-bond donors (Lipinski definition) is 0. The standard InChI is InChI=1S/C18H18N4O4/c23-17(13-2-3-15-16(10-13)26-12-25-15)21-6-1-7-22(9-8-21)18(24)14-11-19-4-5-20-14/h2-5,10-11H,1,6-9,12H2. The summed E-state index contributed by atoms with van der Waals surface area (Å²) in [4.78, 5) is 36.8. The molecule has 0 atom stereocenters. The van der Waals surface area contributed by atoms with Crippen LogP contribution in [0.1, 0.15) is 27.3 Å². The van der Waals surface area contributed by atoms with Crippen molar-refractivity contribution in [1.29, 1.82) is 0 Å². The van der Waals surface area contributed by atoms with Crippen LogP contribution in [0, 0.1) is 0 Å². The van der Waals surface area contributed by atoms with E-state index in [0.29, 0.717) is 55.4 Å². The van der Waals surface area contributed by atoms with Crippen LogP contribution in [0.25, 0.3) is 0 Å². The van der Waals surface area contributed by atoms with Gasteiger partial charge >= 0.3 is 0 Å². The molecule has 1 aromatic heterocycles. The van der Waals surface area contributed by atoms with Gasteiger partial charge in [0.15, 0.2) is 11.5 Å². The molecular formula is C18H18N4O4. The number of fused-ring (bicyclic) bond motifs is 1. The number of hydrogen-bond acceptors (Lipinski definition) is 6. The highest BCUT2D eigenvalue weighted by Gasteiger charge is 2.25. The van der Waals surface area contributed by atoms with Gasteiger partial charge in [-0.05, 0) is 24.6 Å². The number of carbonyl (C=O) groups is 2. The molecule has 0 N–H and O–H groups in total. The van der Waals surface area contributed by atoms with Crippen molar-refractivity contribution in [2.45, 2.75) is 6.42 Å². The predicted molar refractivity (Wildman–Crippen MR) is 91.0 cm³/mol. The van der Waals surface area contributed by atoms with E-state index in [1.165, 1.54) is 18.6 Å². The number of aromatic nitrogens is 2. The van der Waals surface area contributed by atoms with E-state index in [2.05, 4.69) is 9.97 Å². The summed E-state index contributed by atoms with van der Waals surface area (Å²) in [6, 6.07) is 5.19. The average Bonchev–Trinajstić information content (AvgIpc) is 3.02. The SMILES string of the molecule is O=C(c1ccc2c(c1)OCO2)N1CCCN(C(=O)c2cnccn2)CC1. The topological polar surface area (TPSA) is 84.9 Å². The monoisotopic (exact) mass is 354 g/mol. The molecule has 0 bridgehead atoms. The molecule has 0 saturated carbocycles. The van der Waals surface area contributed by atoms with Crippen LogP contribution in [0.3, 0.4) is 0 Å². The number of benzene rings is 1. The minimum Gasteiger partial charge on any atom is -0.454 e. The first kappa shape index (κ1) is 16.3. The maximum Gasteiger partial charge on any atom is 0.274 e.